The maximum absolute atomic E-state index is 13.1. The molecule has 0 bridgehead atoms. The van der Waals surface area contributed by atoms with Gasteiger partial charge in [-0.3, -0.25) is 0 Å². The summed E-state index contributed by atoms with van der Waals surface area (Å²) < 4.78 is 13.1. The smallest absolute Gasteiger partial charge is 0.142 e. The van der Waals surface area contributed by atoms with Crippen LogP contribution in [0.25, 0.3) is 0 Å². The van der Waals surface area contributed by atoms with E-state index in [0.29, 0.717) is 11.3 Å². The lowest BCUT2D eigenvalue weighted by Crippen LogP contribution is -2.03. The van der Waals surface area contributed by atoms with Gasteiger partial charge in [0.2, 0.25) is 0 Å². The summed E-state index contributed by atoms with van der Waals surface area (Å²) in [6.07, 6.45) is 0.763. The fraction of sp³-hybridized carbons (Fsp3) is 0.200. The zero-order chi connectivity index (χ0) is 11.5. The molecule has 1 heterocycles. The summed E-state index contributed by atoms with van der Waals surface area (Å²) in [6, 6.07) is 4.48. The Balaban J connectivity index is 2.18. The van der Waals surface area contributed by atoms with Gasteiger partial charge < -0.3 is 5.11 Å². The summed E-state index contributed by atoms with van der Waals surface area (Å²) in [4.78, 5) is 0. The average molecular weight is 242 g/mol. The number of nitrogens with one attached hydrogen (secondary N) is 1. The number of hydrogen-bond acceptors (Lipinski definition) is 3. The normalized spacial score (nSPS) is 12.7. The van der Waals surface area contributed by atoms with Crippen LogP contribution in [-0.2, 0) is 6.42 Å². The van der Waals surface area contributed by atoms with E-state index in [4.69, 9.17) is 11.6 Å². The predicted molar refractivity (Wildman–Crippen MR) is 56.5 cm³/mol. The highest BCUT2D eigenvalue weighted by molar-refractivity contribution is 6.31. The summed E-state index contributed by atoms with van der Waals surface area (Å²) in [6.45, 7) is 0. The van der Waals surface area contributed by atoms with Crippen LogP contribution in [0.5, 0.6) is 0 Å². The number of hydrogen-bond donors (Lipinski definition) is 2. The Labute approximate surface area is 96.1 Å². The minimum Gasteiger partial charge on any atom is -0.386 e. The number of halogens is 2. The molecule has 1 aromatic carbocycles. The van der Waals surface area contributed by atoms with Crippen LogP contribution < -0.4 is 0 Å². The highest BCUT2D eigenvalue weighted by Gasteiger charge is 2.14. The first-order valence-electron chi connectivity index (χ1n) is 4.65. The molecular weight excluding hydrogens is 233 g/mol. The minimum atomic E-state index is -0.849. The van der Waals surface area contributed by atoms with E-state index in [9.17, 15) is 9.50 Å². The van der Waals surface area contributed by atoms with Crippen LogP contribution in [0.15, 0.2) is 24.4 Å². The number of aliphatic hydroxyl groups excluding tert-OH is 1. The Hall–Kier alpha value is -1.46. The Kier molecular flexibility index (Phi) is 3.17. The molecule has 0 saturated heterocycles. The number of benzene rings is 1. The van der Waals surface area contributed by atoms with Gasteiger partial charge in [-0.1, -0.05) is 23.7 Å². The fourth-order valence-electron chi connectivity index (χ4n) is 1.39. The number of rotatable bonds is 3. The number of nitrogens with zero attached hydrogens (tertiary/aromatic N) is 2. The molecule has 0 aliphatic carbocycles. The molecule has 0 amide bonds. The van der Waals surface area contributed by atoms with Gasteiger partial charge in [0, 0.05) is 6.42 Å². The van der Waals surface area contributed by atoms with Crippen LogP contribution in [0.1, 0.15) is 17.4 Å². The maximum Gasteiger partial charge on any atom is 0.142 e. The van der Waals surface area contributed by atoms with Gasteiger partial charge in [0.1, 0.15) is 17.6 Å². The largest absolute Gasteiger partial charge is 0.386 e. The monoisotopic (exact) mass is 241 g/mol. The van der Waals surface area contributed by atoms with Gasteiger partial charge in [0.25, 0.3) is 0 Å². The predicted octanol–water partition coefficient (Wildman–Crippen LogP) is 1.87. The van der Waals surface area contributed by atoms with Crippen molar-refractivity contribution in [2.75, 3.05) is 0 Å². The molecule has 1 atom stereocenters. The lowest BCUT2D eigenvalue weighted by atomic mass is 10.1. The van der Waals surface area contributed by atoms with E-state index < -0.39 is 11.9 Å². The van der Waals surface area contributed by atoms with Gasteiger partial charge in [-0.2, -0.15) is 15.4 Å². The third-order valence-electron chi connectivity index (χ3n) is 2.22. The number of aromatic amines is 1. The van der Waals surface area contributed by atoms with E-state index in [0.717, 1.165) is 0 Å². The van der Waals surface area contributed by atoms with Crippen molar-refractivity contribution < 1.29 is 9.50 Å². The highest BCUT2D eigenvalue weighted by Crippen LogP contribution is 2.24. The molecule has 6 heteroatoms. The average Bonchev–Trinajstić information content (AvgIpc) is 2.78. The molecule has 2 rings (SSSR count). The number of aromatic nitrogens is 3. The van der Waals surface area contributed by atoms with Crippen molar-refractivity contribution in [3.8, 4) is 0 Å². The first-order valence-corrected chi connectivity index (χ1v) is 5.03. The third-order valence-corrected chi connectivity index (χ3v) is 2.64. The van der Waals surface area contributed by atoms with E-state index in [1.165, 1.54) is 12.3 Å². The summed E-state index contributed by atoms with van der Waals surface area (Å²) in [7, 11) is 0. The van der Waals surface area contributed by atoms with Crippen LogP contribution in [0.3, 0.4) is 0 Å². The van der Waals surface area contributed by atoms with Gasteiger partial charge in [-0.25, -0.2) is 4.39 Å². The topological polar surface area (TPSA) is 61.8 Å². The van der Waals surface area contributed by atoms with E-state index >= 15 is 0 Å². The van der Waals surface area contributed by atoms with Gasteiger partial charge in [0.15, 0.2) is 0 Å². The van der Waals surface area contributed by atoms with Gasteiger partial charge in [-0.15, -0.1) is 0 Å². The molecule has 0 fully saturated rings. The van der Waals surface area contributed by atoms with E-state index in [2.05, 4.69) is 15.4 Å². The van der Waals surface area contributed by atoms with Crippen molar-refractivity contribution >= 4 is 11.6 Å². The summed E-state index contributed by atoms with van der Waals surface area (Å²) in [5.74, 6) is -0.494. The molecule has 16 heavy (non-hydrogen) atoms. The molecule has 1 aromatic heterocycles. The lowest BCUT2D eigenvalue weighted by Gasteiger charge is -2.09. The summed E-state index contributed by atoms with van der Waals surface area (Å²) >= 11 is 5.77. The Morgan fingerprint density at radius 3 is 3.00 bits per heavy atom. The molecule has 1 unspecified atom stereocenters. The molecule has 2 aromatic rings. The van der Waals surface area contributed by atoms with Crippen LogP contribution in [0.2, 0.25) is 5.02 Å². The minimum absolute atomic E-state index is 0.0324. The molecule has 0 aliphatic rings. The second-order valence-electron chi connectivity index (χ2n) is 3.33. The van der Waals surface area contributed by atoms with Gasteiger partial charge in [0.05, 0.1) is 11.2 Å². The lowest BCUT2D eigenvalue weighted by molar-refractivity contribution is 0.173. The first-order chi connectivity index (χ1) is 7.68. The third kappa shape index (κ3) is 2.20. The van der Waals surface area contributed by atoms with E-state index in [1.54, 1.807) is 12.1 Å². The molecule has 0 radical (unpaired) electrons. The Morgan fingerprint density at radius 2 is 2.31 bits per heavy atom. The van der Waals surface area contributed by atoms with Gasteiger partial charge >= 0.3 is 0 Å². The maximum atomic E-state index is 13.1. The van der Waals surface area contributed by atoms with Crippen LogP contribution in [0.4, 0.5) is 4.39 Å². The summed E-state index contributed by atoms with van der Waals surface area (Å²) in [5.41, 5.74) is 0.942. The van der Waals surface area contributed by atoms with E-state index in [-0.39, 0.29) is 11.4 Å². The van der Waals surface area contributed by atoms with Crippen LogP contribution in [-0.4, -0.2) is 20.5 Å². The fourth-order valence-corrected chi connectivity index (χ4v) is 1.59. The SMILES string of the molecule is OC(Cc1cccc(F)c1Cl)c1cn[nH]n1. The summed E-state index contributed by atoms with van der Waals surface area (Å²) in [5, 5.41) is 19.5. The molecular formula is C10H9ClFN3O. The Morgan fingerprint density at radius 1 is 1.50 bits per heavy atom. The number of aliphatic hydroxyl groups is 1. The number of H-pyrrole nitrogens is 1. The van der Waals surface area contributed by atoms with Crippen molar-refractivity contribution in [2.45, 2.75) is 12.5 Å². The second-order valence-corrected chi connectivity index (χ2v) is 3.71. The van der Waals surface area contributed by atoms with Crippen molar-refractivity contribution in [3.63, 3.8) is 0 Å². The van der Waals surface area contributed by atoms with E-state index in [1.807, 2.05) is 0 Å². The molecule has 4 nitrogen and oxygen atoms in total. The molecule has 84 valence electrons. The first kappa shape index (κ1) is 11.0. The van der Waals surface area contributed by atoms with Crippen LogP contribution >= 0.6 is 11.6 Å². The molecule has 0 saturated carbocycles. The van der Waals surface area contributed by atoms with Crippen molar-refractivity contribution in [1.82, 2.24) is 15.4 Å². The Bertz CT molecular complexity index is 475. The van der Waals surface area contributed by atoms with Crippen molar-refractivity contribution in [3.05, 3.63) is 46.5 Å². The van der Waals surface area contributed by atoms with Crippen molar-refractivity contribution in [2.24, 2.45) is 0 Å². The van der Waals surface area contributed by atoms with Crippen molar-refractivity contribution in [1.29, 1.82) is 0 Å². The highest BCUT2D eigenvalue weighted by atomic mass is 35.5. The molecule has 0 aliphatic heterocycles. The quantitative estimate of drug-likeness (QED) is 0.863. The molecule has 0 spiro atoms. The standard InChI is InChI=1S/C10H9ClFN3O/c11-10-6(2-1-3-7(10)12)4-9(16)8-5-13-15-14-8/h1-3,5,9,16H,4H2,(H,13,14,15). The molecule has 2 N–H and O–H groups in total. The second kappa shape index (κ2) is 4.59. The zero-order valence-electron chi connectivity index (χ0n) is 8.19. The van der Waals surface area contributed by atoms with Crippen LogP contribution in [0, 0.1) is 5.82 Å². The zero-order valence-corrected chi connectivity index (χ0v) is 8.95. The van der Waals surface area contributed by atoms with Gasteiger partial charge in [-0.05, 0) is 11.6 Å².